The van der Waals surface area contributed by atoms with Gasteiger partial charge in [0.1, 0.15) is 23.3 Å². The second-order valence-corrected chi connectivity index (χ2v) is 11.4. The van der Waals surface area contributed by atoms with Gasteiger partial charge >= 0.3 is 11.7 Å². The first-order valence-electron chi connectivity index (χ1n) is 13.0. The predicted molar refractivity (Wildman–Crippen MR) is 143 cm³/mol. The fraction of sp³-hybridized carbons (Fsp3) is 0.464. The Morgan fingerprint density at radius 3 is 2.31 bits per heavy atom. The topological polar surface area (TPSA) is 111 Å². The SMILES string of the molecule is CC(C)N(C(=O)c1cc(F)ccc1-n1cc(C(=O)C2CN(C(=O)OC(C)(C)C)C2)c2cc[nH][n+](=O)c21)C(C)C. The van der Waals surface area contributed by atoms with E-state index in [4.69, 9.17) is 4.74 Å². The molecule has 1 fully saturated rings. The summed E-state index contributed by atoms with van der Waals surface area (Å²) in [6.07, 6.45) is 2.43. The molecule has 1 N–H and O–H groups in total. The lowest BCUT2D eigenvalue weighted by Crippen LogP contribution is -2.54. The van der Waals surface area contributed by atoms with E-state index < -0.39 is 29.3 Å². The van der Waals surface area contributed by atoms with Crippen LogP contribution in [-0.2, 0) is 4.74 Å². The van der Waals surface area contributed by atoms with Gasteiger partial charge in [-0.15, -0.1) is 0 Å². The number of carbonyl (C=O) groups is 3. The van der Waals surface area contributed by atoms with Gasteiger partial charge in [-0.05, 0) is 77.6 Å². The zero-order chi connectivity index (χ0) is 28.8. The molecule has 39 heavy (non-hydrogen) atoms. The number of rotatable bonds is 6. The van der Waals surface area contributed by atoms with Crippen LogP contribution in [0.1, 0.15) is 69.2 Å². The van der Waals surface area contributed by atoms with Crippen LogP contribution in [0.5, 0.6) is 0 Å². The van der Waals surface area contributed by atoms with Crippen molar-refractivity contribution in [2.24, 2.45) is 5.92 Å². The number of benzene rings is 1. The third-order valence-electron chi connectivity index (χ3n) is 6.62. The Morgan fingerprint density at radius 2 is 1.72 bits per heavy atom. The fourth-order valence-corrected chi connectivity index (χ4v) is 4.94. The van der Waals surface area contributed by atoms with Crippen molar-refractivity contribution in [1.29, 1.82) is 0 Å². The van der Waals surface area contributed by atoms with Crippen molar-refractivity contribution in [3.05, 3.63) is 58.5 Å². The minimum absolute atomic E-state index is 0.0666. The lowest BCUT2D eigenvalue weighted by Gasteiger charge is -2.38. The first-order valence-corrected chi connectivity index (χ1v) is 13.0. The number of aromatic nitrogens is 3. The number of H-pyrrole nitrogens is 1. The van der Waals surface area contributed by atoms with Gasteiger partial charge in [0.25, 0.3) is 5.91 Å². The van der Waals surface area contributed by atoms with E-state index >= 15 is 0 Å². The molecule has 0 radical (unpaired) electrons. The highest BCUT2D eigenvalue weighted by atomic mass is 19.1. The number of ketones is 1. The summed E-state index contributed by atoms with van der Waals surface area (Å²) >= 11 is 0. The maximum Gasteiger partial charge on any atom is 0.410 e. The molecule has 0 atom stereocenters. The quantitative estimate of drug-likeness (QED) is 0.370. The molecule has 4 rings (SSSR count). The average Bonchev–Trinajstić information content (AvgIpc) is 3.17. The molecule has 11 heteroatoms. The number of ether oxygens (including phenoxy) is 1. The van der Waals surface area contributed by atoms with E-state index in [2.05, 4.69) is 5.10 Å². The molecule has 0 bridgehead atoms. The number of nitrogens with zero attached hydrogens (tertiary/aromatic N) is 4. The van der Waals surface area contributed by atoms with Gasteiger partial charge in [-0.1, -0.05) is 0 Å². The second kappa shape index (κ2) is 10.3. The lowest BCUT2D eigenvalue weighted by atomic mass is 9.91. The number of Topliss-reactive ketones (excluding diaryl/α,β-unsaturated/α-hetero) is 1. The monoisotopic (exact) mass is 540 g/mol. The van der Waals surface area contributed by atoms with Gasteiger partial charge in [-0.2, -0.15) is 9.67 Å². The zero-order valence-corrected chi connectivity index (χ0v) is 23.3. The van der Waals surface area contributed by atoms with Crippen LogP contribution < -0.4 is 4.54 Å². The first-order chi connectivity index (χ1) is 18.2. The van der Waals surface area contributed by atoms with E-state index in [0.29, 0.717) is 9.93 Å². The molecule has 1 aliphatic heterocycles. The van der Waals surface area contributed by atoms with E-state index in [1.165, 1.54) is 34.0 Å². The summed E-state index contributed by atoms with van der Waals surface area (Å²) < 4.78 is 21.8. The van der Waals surface area contributed by atoms with Crippen LogP contribution in [0.3, 0.4) is 0 Å². The van der Waals surface area contributed by atoms with Gasteiger partial charge in [0.05, 0.1) is 27.0 Å². The van der Waals surface area contributed by atoms with Crippen molar-refractivity contribution >= 4 is 28.8 Å². The van der Waals surface area contributed by atoms with Crippen molar-refractivity contribution in [2.75, 3.05) is 13.1 Å². The Labute approximate surface area is 225 Å². The van der Waals surface area contributed by atoms with Gasteiger partial charge in [0.2, 0.25) is 0 Å². The largest absolute Gasteiger partial charge is 0.444 e. The fourth-order valence-electron chi connectivity index (χ4n) is 4.94. The molecule has 0 spiro atoms. The van der Waals surface area contributed by atoms with E-state index in [1.54, 1.807) is 31.7 Å². The summed E-state index contributed by atoms with van der Waals surface area (Å²) in [4.78, 5) is 55.6. The first kappa shape index (κ1) is 28.0. The Bertz CT molecular complexity index is 1490. The number of halogens is 1. The van der Waals surface area contributed by atoms with E-state index in [0.717, 1.165) is 6.07 Å². The highest BCUT2D eigenvalue weighted by Gasteiger charge is 2.40. The molecule has 0 aliphatic carbocycles. The highest BCUT2D eigenvalue weighted by Crippen LogP contribution is 2.30. The lowest BCUT2D eigenvalue weighted by molar-refractivity contribution is -0.538. The molecule has 3 heterocycles. The minimum Gasteiger partial charge on any atom is -0.444 e. The standard InChI is InChI=1S/C28H35FN5O5/c1-16(2)33(17(3)4)26(36)21-12-19(29)8-9-23(21)32-15-22(20-10-11-30-34(38)25(20)32)24(35)18-13-31(14-18)27(37)39-28(5,6)7/h8-12,15-18H,13-14H2,1-7H3,(H,30,38)/q+1. The number of nitrogens with one attached hydrogen (secondary N) is 1. The van der Waals surface area contributed by atoms with Crippen LogP contribution in [0.15, 0.2) is 36.7 Å². The Kier molecular flexibility index (Phi) is 7.38. The summed E-state index contributed by atoms with van der Waals surface area (Å²) in [6.45, 7) is 13.2. The minimum atomic E-state index is -0.650. The number of hydrogen-bond acceptors (Lipinski definition) is 5. The Balaban J connectivity index is 1.76. The number of likely N-dealkylation sites (tertiary alicyclic amines) is 1. The molecule has 0 unspecified atom stereocenters. The number of fused-ring (bicyclic) bond motifs is 1. The van der Waals surface area contributed by atoms with Crippen LogP contribution in [0.25, 0.3) is 16.7 Å². The Morgan fingerprint density at radius 1 is 1.08 bits per heavy atom. The summed E-state index contributed by atoms with van der Waals surface area (Å²) in [5.74, 6) is -1.72. The van der Waals surface area contributed by atoms with E-state index in [1.807, 2.05) is 27.7 Å². The van der Waals surface area contributed by atoms with Crippen LogP contribution in [-0.4, -0.2) is 68.0 Å². The molecular formula is C28H35FN5O5+. The van der Waals surface area contributed by atoms with Crippen LogP contribution in [0.4, 0.5) is 9.18 Å². The Hall–Kier alpha value is -4.02. The number of amides is 2. The molecule has 2 aromatic heterocycles. The molecule has 2 amide bonds. The normalized spacial score (nSPS) is 14.2. The van der Waals surface area contributed by atoms with E-state index in [-0.39, 0.29) is 53.4 Å². The van der Waals surface area contributed by atoms with Gasteiger partial charge in [-0.25, -0.2) is 9.18 Å². The number of hydrogen-bond donors (Lipinski definition) is 1. The summed E-state index contributed by atoms with van der Waals surface area (Å²) in [6, 6.07) is 5.08. The van der Waals surface area contributed by atoms with Gasteiger partial charge in [0, 0.05) is 31.4 Å². The van der Waals surface area contributed by atoms with Crippen molar-refractivity contribution in [3.63, 3.8) is 0 Å². The molecule has 0 saturated carbocycles. The summed E-state index contributed by atoms with van der Waals surface area (Å²) in [5.41, 5.74) is 0.0418. The third kappa shape index (κ3) is 5.43. The van der Waals surface area contributed by atoms with Crippen molar-refractivity contribution in [2.45, 2.75) is 66.2 Å². The van der Waals surface area contributed by atoms with Crippen molar-refractivity contribution in [3.8, 4) is 5.69 Å². The zero-order valence-electron chi connectivity index (χ0n) is 23.3. The smallest absolute Gasteiger partial charge is 0.410 e. The molecular weight excluding hydrogens is 505 g/mol. The van der Waals surface area contributed by atoms with Gasteiger partial charge in [0.15, 0.2) is 5.78 Å². The average molecular weight is 541 g/mol. The highest BCUT2D eigenvalue weighted by molar-refractivity contribution is 6.09. The van der Waals surface area contributed by atoms with Gasteiger partial charge < -0.3 is 14.5 Å². The molecule has 1 saturated heterocycles. The third-order valence-corrected chi connectivity index (χ3v) is 6.62. The molecule has 10 nitrogen and oxygen atoms in total. The van der Waals surface area contributed by atoms with Crippen LogP contribution in [0, 0.1) is 16.6 Å². The maximum absolute atomic E-state index is 14.4. The van der Waals surface area contributed by atoms with Crippen LogP contribution >= 0.6 is 0 Å². The van der Waals surface area contributed by atoms with E-state index in [9.17, 15) is 23.7 Å². The summed E-state index contributed by atoms with van der Waals surface area (Å²) in [5, 5.41) is 2.92. The molecule has 208 valence electrons. The summed E-state index contributed by atoms with van der Waals surface area (Å²) in [7, 11) is 0. The maximum atomic E-state index is 14.4. The predicted octanol–water partition coefficient (Wildman–Crippen LogP) is 4.32. The number of carbonyl (C=O) groups excluding carboxylic acids is 3. The second-order valence-electron chi connectivity index (χ2n) is 11.4. The molecule has 3 aromatic rings. The van der Waals surface area contributed by atoms with Gasteiger partial charge in [-0.3, -0.25) is 9.59 Å². The van der Waals surface area contributed by atoms with Crippen molar-refractivity contribution < 1.29 is 28.1 Å². The van der Waals surface area contributed by atoms with Crippen molar-refractivity contribution in [1.82, 2.24) is 19.5 Å². The molecule has 1 aromatic carbocycles. The number of aromatic amines is 1. The molecule has 1 aliphatic rings. The van der Waals surface area contributed by atoms with Crippen LogP contribution in [0.2, 0.25) is 0 Å².